The first kappa shape index (κ1) is 24.3. The number of alkyl carbamates (subject to hydrolysis) is 1. The normalized spacial score (nSPS) is 21.9. The topological polar surface area (TPSA) is 148 Å². The van der Waals surface area contributed by atoms with Crippen LogP contribution < -0.4 is 10.6 Å². The summed E-state index contributed by atoms with van der Waals surface area (Å²) in [5.74, 6) is -2.71. The minimum Gasteiger partial charge on any atom is -0.614 e. The molecule has 3 amide bonds. The molecule has 2 aliphatic rings. The van der Waals surface area contributed by atoms with Gasteiger partial charge in [-0.15, -0.1) is 0 Å². The molecule has 1 saturated heterocycles. The third-order valence-electron chi connectivity index (χ3n) is 5.69. The van der Waals surface area contributed by atoms with Crippen LogP contribution in [0.5, 0.6) is 0 Å². The molecule has 3 N–H and O–H groups in total. The molecule has 3 unspecified atom stereocenters. The second-order valence-electron chi connectivity index (χ2n) is 8.09. The van der Waals surface area contributed by atoms with Crippen LogP contribution >= 0.6 is 0 Å². The maximum Gasteiger partial charge on any atom is 0.408 e. The van der Waals surface area contributed by atoms with Crippen molar-refractivity contribution in [1.29, 1.82) is 0 Å². The highest BCUT2D eigenvalue weighted by Gasteiger charge is 2.60. The molecule has 4 atom stereocenters. The minimum absolute atomic E-state index is 0.00339. The van der Waals surface area contributed by atoms with E-state index in [1.54, 1.807) is 54.6 Å². The van der Waals surface area contributed by atoms with Gasteiger partial charge in [-0.25, -0.2) is 9.59 Å². The minimum atomic E-state index is -1.60. The second-order valence-corrected chi connectivity index (χ2v) is 9.63. The van der Waals surface area contributed by atoms with Crippen molar-refractivity contribution in [3.63, 3.8) is 0 Å². The number of carbonyl (C=O) groups is 4. The van der Waals surface area contributed by atoms with Crippen LogP contribution in [0.2, 0.25) is 0 Å². The number of amides is 3. The molecular formula is C24H23N3O7S. The molecule has 2 aliphatic heterocycles. The highest BCUT2D eigenvalue weighted by molar-refractivity contribution is 7.92. The number of nitrogens with one attached hydrogen (secondary N) is 2. The van der Waals surface area contributed by atoms with Crippen LogP contribution in [-0.4, -0.2) is 55.6 Å². The van der Waals surface area contributed by atoms with Crippen molar-refractivity contribution >= 4 is 35.1 Å². The zero-order valence-corrected chi connectivity index (χ0v) is 19.5. The van der Waals surface area contributed by atoms with Gasteiger partial charge in [0, 0.05) is 5.57 Å². The summed E-state index contributed by atoms with van der Waals surface area (Å²) in [5, 5.41) is 13.5. The van der Waals surface area contributed by atoms with E-state index in [1.807, 2.05) is 6.07 Å². The molecule has 4 rings (SSSR count). The number of aliphatic carboxylic acids is 1. The zero-order chi connectivity index (χ0) is 25.1. The molecule has 2 aromatic rings. The summed E-state index contributed by atoms with van der Waals surface area (Å²) in [7, 11) is 0. The molecule has 2 aromatic carbocycles. The number of carboxylic acids is 1. The number of benzene rings is 2. The molecule has 0 radical (unpaired) electrons. The third kappa shape index (κ3) is 5.00. The molecule has 2 heterocycles. The van der Waals surface area contributed by atoms with Gasteiger partial charge >= 0.3 is 12.1 Å². The number of hydrogen-bond donors (Lipinski definition) is 3. The molecule has 0 spiro atoms. The smallest absolute Gasteiger partial charge is 0.408 e. The Balaban J connectivity index is 1.48. The molecule has 0 aliphatic carbocycles. The highest BCUT2D eigenvalue weighted by atomic mass is 32.2. The molecule has 182 valence electrons. The van der Waals surface area contributed by atoms with E-state index < -0.39 is 52.5 Å². The van der Waals surface area contributed by atoms with Crippen LogP contribution in [0, 0.1) is 0 Å². The van der Waals surface area contributed by atoms with Crippen molar-refractivity contribution in [1.82, 2.24) is 15.5 Å². The number of rotatable bonds is 7. The van der Waals surface area contributed by atoms with Crippen molar-refractivity contribution in [2.45, 2.75) is 31.0 Å². The molecular weight excluding hydrogens is 474 g/mol. The molecule has 1 fully saturated rings. The fourth-order valence-corrected chi connectivity index (χ4v) is 5.69. The van der Waals surface area contributed by atoms with Crippen LogP contribution in [0.25, 0.3) is 0 Å². The summed E-state index contributed by atoms with van der Waals surface area (Å²) in [6.45, 7) is 1.50. The largest absolute Gasteiger partial charge is 0.614 e. The van der Waals surface area contributed by atoms with E-state index in [0.29, 0.717) is 11.1 Å². The molecule has 0 saturated carbocycles. The van der Waals surface area contributed by atoms with Crippen LogP contribution in [0.15, 0.2) is 71.9 Å². The highest BCUT2D eigenvalue weighted by Crippen LogP contribution is 2.36. The van der Waals surface area contributed by atoms with E-state index in [9.17, 15) is 28.8 Å². The monoisotopic (exact) mass is 497 g/mol. The Hall–Kier alpha value is -3.83. The van der Waals surface area contributed by atoms with Crippen LogP contribution in [0.3, 0.4) is 0 Å². The maximum atomic E-state index is 13.2. The average molecular weight is 498 g/mol. The second kappa shape index (κ2) is 10.2. The maximum absolute atomic E-state index is 13.2. The summed E-state index contributed by atoms with van der Waals surface area (Å²) in [4.78, 5) is 51.0. The Morgan fingerprint density at radius 2 is 1.77 bits per heavy atom. The molecule has 0 bridgehead atoms. The SMILES string of the molecule is CC1=C(C(=O)O)N2C(=O)C(NC(=O)C(NC(=O)OCc3ccccc3)c3ccccc3)[C@H]2[S+]([O-])C1. The van der Waals surface area contributed by atoms with Crippen LogP contribution in [-0.2, 0) is 36.9 Å². The molecule has 0 aromatic heterocycles. The van der Waals surface area contributed by atoms with Gasteiger partial charge < -0.3 is 25.0 Å². The quantitative estimate of drug-likeness (QED) is 0.387. The lowest BCUT2D eigenvalue weighted by Gasteiger charge is -2.48. The van der Waals surface area contributed by atoms with E-state index in [2.05, 4.69) is 10.6 Å². The summed E-state index contributed by atoms with van der Waals surface area (Å²) >= 11 is -1.60. The van der Waals surface area contributed by atoms with Crippen molar-refractivity contribution in [2.24, 2.45) is 0 Å². The lowest BCUT2D eigenvalue weighted by atomic mass is 10.0. The van der Waals surface area contributed by atoms with E-state index >= 15 is 0 Å². The van der Waals surface area contributed by atoms with Gasteiger partial charge in [-0.2, -0.15) is 0 Å². The van der Waals surface area contributed by atoms with Crippen LogP contribution in [0.1, 0.15) is 24.1 Å². The number of hydrogen-bond acceptors (Lipinski definition) is 6. The Morgan fingerprint density at radius 3 is 2.40 bits per heavy atom. The predicted molar refractivity (Wildman–Crippen MR) is 125 cm³/mol. The van der Waals surface area contributed by atoms with Gasteiger partial charge in [-0.1, -0.05) is 60.7 Å². The van der Waals surface area contributed by atoms with Gasteiger partial charge in [0.1, 0.15) is 24.1 Å². The Labute approximate surface area is 204 Å². The van der Waals surface area contributed by atoms with Gasteiger partial charge in [0.15, 0.2) is 6.04 Å². The molecule has 10 nitrogen and oxygen atoms in total. The van der Waals surface area contributed by atoms with E-state index in [-0.39, 0.29) is 18.1 Å². The summed E-state index contributed by atoms with van der Waals surface area (Å²) in [6.07, 6.45) is -0.840. The molecule has 11 heteroatoms. The Kier molecular flexibility index (Phi) is 7.08. The third-order valence-corrected chi connectivity index (χ3v) is 7.43. The Morgan fingerprint density at radius 1 is 1.14 bits per heavy atom. The fourth-order valence-electron chi connectivity index (χ4n) is 4.03. The summed E-state index contributed by atoms with van der Waals surface area (Å²) in [6, 6.07) is 15.0. The summed E-state index contributed by atoms with van der Waals surface area (Å²) in [5.41, 5.74) is 1.32. The van der Waals surface area contributed by atoms with E-state index in [4.69, 9.17) is 4.74 Å². The van der Waals surface area contributed by atoms with Gasteiger partial charge in [-0.3, -0.25) is 14.5 Å². The van der Waals surface area contributed by atoms with E-state index in [0.717, 1.165) is 10.5 Å². The Bertz CT molecular complexity index is 1170. The molecule has 35 heavy (non-hydrogen) atoms. The number of ether oxygens (including phenoxy) is 1. The first-order valence-electron chi connectivity index (χ1n) is 10.7. The number of carboxylic acid groups (broad SMARTS) is 1. The predicted octanol–water partition coefficient (Wildman–Crippen LogP) is 1.43. The van der Waals surface area contributed by atoms with Crippen molar-refractivity contribution < 1.29 is 33.6 Å². The van der Waals surface area contributed by atoms with E-state index in [1.165, 1.54) is 6.92 Å². The summed E-state index contributed by atoms with van der Waals surface area (Å²) < 4.78 is 17.9. The lowest BCUT2D eigenvalue weighted by molar-refractivity contribution is -0.151. The standard InChI is InChI=1S/C24H23N3O7S/c1-14-13-35(33)22-18(21(29)27(22)19(14)23(30)31)25-20(28)17(16-10-6-3-7-11-16)26-24(32)34-12-15-8-4-2-5-9-15/h2-11,17-18,22H,12-13H2,1H3,(H,25,28)(H,26,32)(H,30,31)/t17?,18?,22-,35?/m1/s1. The van der Waals surface area contributed by atoms with Gasteiger partial charge in [-0.05, 0) is 29.2 Å². The number of fused-ring (bicyclic) bond motifs is 1. The van der Waals surface area contributed by atoms with Gasteiger partial charge in [0.25, 0.3) is 5.91 Å². The zero-order valence-electron chi connectivity index (χ0n) is 18.7. The van der Waals surface area contributed by atoms with Gasteiger partial charge in [0.05, 0.1) is 0 Å². The number of β-lactam (4-membered cyclic amide) rings is 1. The lowest BCUT2D eigenvalue weighted by Crippen LogP contribution is -2.75. The number of carbonyl (C=O) groups excluding carboxylic acids is 3. The average Bonchev–Trinajstić information content (AvgIpc) is 2.85. The number of nitrogens with zero attached hydrogens (tertiary/aromatic N) is 1. The van der Waals surface area contributed by atoms with Crippen molar-refractivity contribution in [3.8, 4) is 0 Å². The van der Waals surface area contributed by atoms with Crippen LogP contribution in [0.4, 0.5) is 4.79 Å². The van der Waals surface area contributed by atoms with Crippen molar-refractivity contribution in [3.05, 3.63) is 83.1 Å². The van der Waals surface area contributed by atoms with Gasteiger partial charge in [0.2, 0.25) is 11.3 Å². The fraction of sp³-hybridized carbons (Fsp3) is 0.250. The first-order chi connectivity index (χ1) is 16.8. The van der Waals surface area contributed by atoms with Crippen molar-refractivity contribution in [2.75, 3.05) is 5.75 Å². The first-order valence-corrected chi connectivity index (χ1v) is 12.1.